The minimum Gasteiger partial charge on any atom is -0.490 e. The number of hydrogen-bond donors (Lipinski definition) is 1. The maximum absolute atomic E-state index is 12.7. The first-order valence-corrected chi connectivity index (χ1v) is 12.6. The molecule has 2 aromatic carbocycles. The second-order valence-electron chi connectivity index (χ2n) is 9.86. The van der Waals surface area contributed by atoms with E-state index >= 15 is 0 Å². The monoisotopic (exact) mass is 514 g/mol. The van der Waals surface area contributed by atoms with Crippen molar-refractivity contribution in [3.63, 3.8) is 0 Å². The molecule has 6 nitrogen and oxygen atoms in total. The molecule has 198 valence electrons. The fourth-order valence-electron chi connectivity index (χ4n) is 4.47. The largest absolute Gasteiger partial charge is 0.490 e. The van der Waals surface area contributed by atoms with Crippen LogP contribution in [0, 0.1) is 5.92 Å². The number of para-hydroxylation sites is 1. The predicted molar refractivity (Wildman–Crippen MR) is 135 cm³/mol. The summed E-state index contributed by atoms with van der Waals surface area (Å²) >= 11 is 0. The number of benzene rings is 2. The van der Waals surface area contributed by atoms with E-state index in [0.29, 0.717) is 44.1 Å². The van der Waals surface area contributed by atoms with E-state index in [2.05, 4.69) is 30.1 Å². The molecule has 1 fully saturated rings. The Bertz CT molecular complexity index is 1150. The first-order valence-electron chi connectivity index (χ1n) is 12.6. The normalized spacial score (nSPS) is 15.2. The summed E-state index contributed by atoms with van der Waals surface area (Å²) < 4.78 is 46.0. The van der Waals surface area contributed by atoms with Crippen molar-refractivity contribution in [3.05, 3.63) is 77.6 Å². The first kappa shape index (κ1) is 26.7. The number of halogens is 3. The summed E-state index contributed by atoms with van der Waals surface area (Å²) in [6.07, 6.45) is -2.15. The standard InChI is InChI=1S/C28H33F3N4O2/c1-20(2)16-24-17-22(33-35(24)23-6-4-3-5-7-23)18-32-27(36)19-34-14-12-26(13-15-34)37-25-10-8-21(9-11-25)28(29,30)31/h3-11,17,20,26H,12-16,18-19H2,1-2H3,(H,32,36). The van der Waals surface area contributed by atoms with Gasteiger partial charge in [-0.25, -0.2) is 4.68 Å². The minimum atomic E-state index is -4.36. The number of hydrogen-bond acceptors (Lipinski definition) is 4. The fraction of sp³-hybridized carbons (Fsp3) is 0.429. The summed E-state index contributed by atoms with van der Waals surface area (Å²) in [5.74, 6) is 0.838. The Morgan fingerprint density at radius 2 is 1.76 bits per heavy atom. The molecule has 9 heteroatoms. The molecule has 2 heterocycles. The first-order chi connectivity index (χ1) is 17.7. The molecule has 1 aromatic heterocycles. The number of carbonyl (C=O) groups is 1. The summed E-state index contributed by atoms with van der Waals surface area (Å²) in [6.45, 7) is 6.34. The zero-order chi connectivity index (χ0) is 26.4. The summed E-state index contributed by atoms with van der Waals surface area (Å²) in [4.78, 5) is 14.7. The Labute approximate surface area is 215 Å². The zero-order valence-electron chi connectivity index (χ0n) is 21.2. The van der Waals surface area contributed by atoms with Gasteiger partial charge in [0.1, 0.15) is 11.9 Å². The van der Waals surface area contributed by atoms with Crippen LogP contribution in [0.15, 0.2) is 60.7 Å². The number of likely N-dealkylation sites (tertiary alicyclic amines) is 1. The van der Waals surface area contributed by atoms with Crippen LogP contribution in [-0.2, 0) is 23.9 Å². The van der Waals surface area contributed by atoms with E-state index < -0.39 is 11.7 Å². The third-order valence-electron chi connectivity index (χ3n) is 6.30. The Morgan fingerprint density at radius 1 is 1.08 bits per heavy atom. The summed E-state index contributed by atoms with van der Waals surface area (Å²) in [5.41, 5.74) is 2.23. The molecule has 1 saturated heterocycles. The number of aromatic nitrogens is 2. The maximum Gasteiger partial charge on any atom is 0.416 e. The number of nitrogens with one attached hydrogen (secondary N) is 1. The van der Waals surface area contributed by atoms with Gasteiger partial charge in [0.2, 0.25) is 5.91 Å². The number of amides is 1. The highest BCUT2D eigenvalue weighted by atomic mass is 19.4. The van der Waals surface area contributed by atoms with Gasteiger partial charge in [-0.15, -0.1) is 0 Å². The second-order valence-corrected chi connectivity index (χ2v) is 9.86. The Balaban J connectivity index is 1.24. The number of alkyl halides is 3. The van der Waals surface area contributed by atoms with Crippen LogP contribution in [0.5, 0.6) is 5.75 Å². The number of piperidine rings is 1. The molecule has 1 aliphatic rings. The lowest BCUT2D eigenvalue weighted by Gasteiger charge is -2.31. The molecule has 0 radical (unpaired) electrons. The van der Waals surface area contributed by atoms with E-state index in [-0.39, 0.29) is 18.6 Å². The van der Waals surface area contributed by atoms with Crippen LogP contribution in [0.4, 0.5) is 13.2 Å². The lowest BCUT2D eigenvalue weighted by atomic mass is 10.1. The van der Waals surface area contributed by atoms with Gasteiger partial charge in [0, 0.05) is 18.8 Å². The van der Waals surface area contributed by atoms with Gasteiger partial charge in [-0.05, 0) is 67.6 Å². The predicted octanol–water partition coefficient (Wildman–Crippen LogP) is 5.25. The number of nitrogens with zero attached hydrogens (tertiary/aromatic N) is 3. The minimum absolute atomic E-state index is 0.0678. The highest BCUT2D eigenvalue weighted by Crippen LogP contribution is 2.31. The number of rotatable bonds is 9. The molecule has 1 N–H and O–H groups in total. The average molecular weight is 515 g/mol. The van der Waals surface area contributed by atoms with Gasteiger partial charge in [-0.3, -0.25) is 9.69 Å². The lowest BCUT2D eigenvalue weighted by Crippen LogP contribution is -2.43. The van der Waals surface area contributed by atoms with E-state index in [1.807, 2.05) is 35.0 Å². The highest BCUT2D eigenvalue weighted by molar-refractivity contribution is 5.78. The molecule has 1 amide bonds. The molecule has 4 rings (SSSR count). The molecule has 1 aliphatic heterocycles. The van der Waals surface area contributed by atoms with Crippen molar-refractivity contribution >= 4 is 5.91 Å². The Hall–Kier alpha value is -3.33. The average Bonchev–Trinajstić information content (AvgIpc) is 3.26. The molecular weight excluding hydrogens is 481 g/mol. The molecule has 0 spiro atoms. The van der Waals surface area contributed by atoms with Crippen LogP contribution in [0.1, 0.15) is 43.6 Å². The van der Waals surface area contributed by atoms with Gasteiger partial charge in [-0.2, -0.15) is 18.3 Å². The second kappa shape index (κ2) is 11.8. The molecule has 0 aliphatic carbocycles. The SMILES string of the molecule is CC(C)Cc1cc(CNC(=O)CN2CCC(Oc3ccc(C(F)(F)F)cc3)CC2)nn1-c1ccccc1. The van der Waals surface area contributed by atoms with Crippen LogP contribution in [0.25, 0.3) is 5.69 Å². The molecule has 0 atom stereocenters. The lowest BCUT2D eigenvalue weighted by molar-refractivity contribution is -0.137. The zero-order valence-corrected chi connectivity index (χ0v) is 21.2. The molecule has 0 bridgehead atoms. The number of ether oxygens (including phenoxy) is 1. The Morgan fingerprint density at radius 3 is 2.38 bits per heavy atom. The van der Waals surface area contributed by atoms with Crippen LogP contribution < -0.4 is 10.1 Å². The highest BCUT2D eigenvalue weighted by Gasteiger charge is 2.30. The summed E-state index contributed by atoms with van der Waals surface area (Å²) in [5, 5.41) is 7.71. The quantitative estimate of drug-likeness (QED) is 0.424. The van der Waals surface area contributed by atoms with Crippen molar-refractivity contribution in [1.29, 1.82) is 0 Å². The summed E-state index contributed by atoms with van der Waals surface area (Å²) in [6, 6.07) is 16.8. The van der Waals surface area contributed by atoms with E-state index in [1.54, 1.807) is 0 Å². The van der Waals surface area contributed by atoms with Crippen LogP contribution in [0.2, 0.25) is 0 Å². The van der Waals surface area contributed by atoms with E-state index in [4.69, 9.17) is 9.84 Å². The fourth-order valence-corrected chi connectivity index (χ4v) is 4.47. The third-order valence-corrected chi connectivity index (χ3v) is 6.30. The van der Waals surface area contributed by atoms with E-state index in [1.165, 1.54) is 12.1 Å². The molecule has 3 aromatic rings. The van der Waals surface area contributed by atoms with Gasteiger partial charge in [-0.1, -0.05) is 32.0 Å². The van der Waals surface area contributed by atoms with Crippen molar-refractivity contribution in [2.24, 2.45) is 5.92 Å². The van der Waals surface area contributed by atoms with Crippen molar-refractivity contribution in [1.82, 2.24) is 20.0 Å². The van der Waals surface area contributed by atoms with Crippen molar-refractivity contribution in [3.8, 4) is 11.4 Å². The van der Waals surface area contributed by atoms with Crippen LogP contribution in [-0.4, -0.2) is 46.3 Å². The van der Waals surface area contributed by atoms with Gasteiger partial charge in [0.15, 0.2) is 0 Å². The van der Waals surface area contributed by atoms with E-state index in [9.17, 15) is 18.0 Å². The third kappa shape index (κ3) is 7.58. The summed E-state index contributed by atoms with van der Waals surface area (Å²) in [7, 11) is 0. The molecular formula is C28H33F3N4O2. The molecule has 0 unspecified atom stereocenters. The van der Waals surface area contributed by atoms with Gasteiger partial charge in [0.05, 0.1) is 30.0 Å². The maximum atomic E-state index is 12.7. The Kier molecular flexibility index (Phi) is 8.53. The van der Waals surface area contributed by atoms with Crippen LogP contribution in [0.3, 0.4) is 0 Å². The number of carbonyl (C=O) groups excluding carboxylic acids is 1. The van der Waals surface area contributed by atoms with Crippen LogP contribution >= 0.6 is 0 Å². The molecule has 0 saturated carbocycles. The molecule has 37 heavy (non-hydrogen) atoms. The smallest absolute Gasteiger partial charge is 0.416 e. The van der Waals surface area contributed by atoms with Crippen molar-refractivity contribution < 1.29 is 22.7 Å². The van der Waals surface area contributed by atoms with Gasteiger partial charge >= 0.3 is 6.18 Å². The van der Waals surface area contributed by atoms with E-state index in [0.717, 1.165) is 35.6 Å². The van der Waals surface area contributed by atoms with Crippen molar-refractivity contribution in [2.45, 2.75) is 51.9 Å². The van der Waals surface area contributed by atoms with Gasteiger partial charge < -0.3 is 10.1 Å². The van der Waals surface area contributed by atoms with Gasteiger partial charge in [0.25, 0.3) is 0 Å². The topological polar surface area (TPSA) is 59.4 Å². The van der Waals surface area contributed by atoms with Crippen molar-refractivity contribution in [2.75, 3.05) is 19.6 Å².